The molecule has 7 heteroatoms. The highest BCUT2D eigenvalue weighted by atomic mass is 16.1. The van der Waals surface area contributed by atoms with Gasteiger partial charge in [-0.15, -0.1) is 0 Å². The molecule has 1 aliphatic heterocycles. The number of rotatable bonds is 10. The molecule has 1 amide bonds. The fourth-order valence-corrected chi connectivity index (χ4v) is 5.65. The number of carbonyl (C=O) groups excluding carboxylic acids is 1. The van der Waals surface area contributed by atoms with E-state index in [9.17, 15) is 9.59 Å². The fraction of sp³-hybridized carbons (Fsp3) is 0.433. The Morgan fingerprint density at radius 3 is 2.54 bits per heavy atom. The Hall–Kier alpha value is -3.45. The lowest BCUT2D eigenvalue weighted by Gasteiger charge is -2.32. The monoisotopic (exact) mass is 499 g/mol. The molecule has 7 nitrogen and oxygen atoms in total. The zero-order valence-corrected chi connectivity index (χ0v) is 21.7. The minimum atomic E-state index is -0.109. The van der Waals surface area contributed by atoms with Gasteiger partial charge < -0.3 is 14.8 Å². The molecule has 0 atom stereocenters. The molecule has 5 rings (SSSR count). The van der Waals surface area contributed by atoms with E-state index in [1.165, 1.54) is 29.5 Å². The summed E-state index contributed by atoms with van der Waals surface area (Å²) in [5.41, 5.74) is 3.01. The van der Waals surface area contributed by atoms with E-state index < -0.39 is 0 Å². The molecular weight excluding hydrogens is 462 g/mol. The lowest BCUT2D eigenvalue weighted by molar-refractivity contribution is -0.121. The number of hydrogen-bond donors (Lipinski definition) is 1. The largest absolute Gasteiger partial charge is 0.356 e. The molecule has 2 aromatic carbocycles. The second kappa shape index (κ2) is 11.7. The minimum Gasteiger partial charge on any atom is -0.356 e. The first kappa shape index (κ1) is 25.2. The molecule has 3 heterocycles. The number of nitrogens with one attached hydrogen (secondary N) is 1. The third kappa shape index (κ3) is 5.93. The lowest BCUT2D eigenvalue weighted by Crippen LogP contribution is -2.36. The van der Waals surface area contributed by atoms with Gasteiger partial charge in [-0.25, -0.2) is 4.68 Å². The summed E-state index contributed by atoms with van der Waals surface area (Å²) in [4.78, 5) is 27.8. The summed E-state index contributed by atoms with van der Waals surface area (Å²) < 4.78 is 3.42. The lowest BCUT2D eigenvalue weighted by atomic mass is 9.90. The van der Waals surface area contributed by atoms with Crippen molar-refractivity contribution in [1.29, 1.82) is 0 Å². The maximum absolute atomic E-state index is 12.8. The van der Waals surface area contributed by atoms with Crippen molar-refractivity contribution in [3.05, 3.63) is 76.7 Å². The molecule has 1 N–H and O–H groups in total. The molecule has 0 aliphatic carbocycles. The molecule has 1 aliphatic rings. The van der Waals surface area contributed by atoms with Crippen LogP contribution in [-0.4, -0.2) is 51.3 Å². The van der Waals surface area contributed by atoms with Crippen molar-refractivity contribution >= 4 is 27.7 Å². The fourth-order valence-electron chi connectivity index (χ4n) is 5.65. The Kier molecular flexibility index (Phi) is 7.99. The quantitative estimate of drug-likeness (QED) is 0.333. The highest BCUT2D eigenvalue weighted by Crippen LogP contribution is 2.26. The summed E-state index contributed by atoms with van der Waals surface area (Å²) in [6, 6.07) is 18.8. The molecular formula is C30H37N5O2. The molecule has 2 aromatic heterocycles. The van der Waals surface area contributed by atoms with E-state index in [0.29, 0.717) is 31.4 Å². The average Bonchev–Trinajstić information content (AvgIpc) is 3.24. The molecule has 37 heavy (non-hydrogen) atoms. The zero-order chi connectivity index (χ0) is 25.6. The highest BCUT2D eigenvalue weighted by Gasteiger charge is 2.19. The summed E-state index contributed by atoms with van der Waals surface area (Å²) in [6.07, 6.45) is 7.56. The van der Waals surface area contributed by atoms with E-state index in [0.717, 1.165) is 48.3 Å². The third-order valence-corrected chi connectivity index (χ3v) is 7.70. The van der Waals surface area contributed by atoms with E-state index in [-0.39, 0.29) is 11.5 Å². The summed E-state index contributed by atoms with van der Waals surface area (Å²) in [5.74, 6) is 0.862. The highest BCUT2D eigenvalue weighted by molar-refractivity contribution is 6.07. The van der Waals surface area contributed by atoms with Crippen LogP contribution in [0.2, 0.25) is 0 Å². The van der Waals surface area contributed by atoms with E-state index in [1.54, 1.807) is 13.2 Å². The Morgan fingerprint density at radius 2 is 1.73 bits per heavy atom. The van der Waals surface area contributed by atoms with Gasteiger partial charge >= 0.3 is 0 Å². The Morgan fingerprint density at radius 1 is 0.973 bits per heavy atom. The van der Waals surface area contributed by atoms with Crippen molar-refractivity contribution in [2.45, 2.75) is 45.1 Å². The molecule has 1 fully saturated rings. The first-order chi connectivity index (χ1) is 18.1. The number of fused-ring (bicyclic) bond motifs is 3. The number of benzene rings is 2. The number of hydrogen-bond acceptors (Lipinski definition) is 4. The van der Waals surface area contributed by atoms with Crippen molar-refractivity contribution in [2.24, 2.45) is 13.0 Å². The van der Waals surface area contributed by atoms with Crippen LogP contribution in [0.15, 0.2) is 65.6 Å². The second-order valence-electron chi connectivity index (χ2n) is 10.3. The van der Waals surface area contributed by atoms with Gasteiger partial charge in [-0.2, -0.15) is 5.10 Å². The Labute approximate surface area is 218 Å². The zero-order valence-electron chi connectivity index (χ0n) is 21.7. The second-order valence-corrected chi connectivity index (χ2v) is 10.3. The maximum atomic E-state index is 12.8. The van der Waals surface area contributed by atoms with Gasteiger partial charge in [-0.3, -0.25) is 9.59 Å². The van der Waals surface area contributed by atoms with Crippen LogP contribution < -0.4 is 10.9 Å². The Balaban J connectivity index is 1.04. The average molecular weight is 500 g/mol. The van der Waals surface area contributed by atoms with Crippen LogP contribution in [0.5, 0.6) is 0 Å². The van der Waals surface area contributed by atoms with Crippen LogP contribution >= 0.6 is 0 Å². The summed E-state index contributed by atoms with van der Waals surface area (Å²) in [5, 5.41) is 9.18. The summed E-state index contributed by atoms with van der Waals surface area (Å²) in [7, 11) is 1.67. The molecule has 0 radical (unpaired) electrons. The number of aryl methyl sites for hydroxylation is 2. The minimum absolute atomic E-state index is 0.0805. The van der Waals surface area contributed by atoms with Crippen LogP contribution in [0.3, 0.4) is 0 Å². The van der Waals surface area contributed by atoms with Crippen molar-refractivity contribution in [3.63, 3.8) is 0 Å². The first-order valence-electron chi connectivity index (χ1n) is 13.6. The molecule has 0 unspecified atom stereocenters. The predicted molar refractivity (Wildman–Crippen MR) is 149 cm³/mol. The number of aromatic nitrogens is 3. The van der Waals surface area contributed by atoms with Gasteiger partial charge in [0, 0.05) is 42.8 Å². The summed E-state index contributed by atoms with van der Waals surface area (Å²) in [6.45, 7) is 4.68. The number of para-hydroxylation sites is 1. The molecule has 0 bridgehead atoms. The van der Waals surface area contributed by atoms with Crippen LogP contribution in [0.1, 0.15) is 37.7 Å². The predicted octanol–water partition coefficient (Wildman–Crippen LogP) is 4.13. The molecule has 4 aromatic rings. The van der Waals surface area contributed by atoms with Gasteiger partial charge in [0.25, 0.3) is 5.56 Å². The normalized spacial score (nSPS) is 14.9. The summed E-state index contributed by atoms with van der Waals surface area (Å²) >= 11 is 0. The third-order valence-electron chi connectivity index (χ3n) is 7.70. The molecule has 0 spiro atoms. The van der Waals surface area contributed by atoms with E-state index in [1.807, 2.05) is 28.8 Å². The van der Waals surface area contributed by atoms with Crippen molar-refractivity contribution < 1.29 is 4.79 Å². The van der Waals surface area contributed by atoms with Crippen molar-refractivity contribution in [1.82, 2.24) is 24.6 Å². The van der Waals surface area contributed by atoms with Gasteiger partial charge in [0.05, 0.1) is 6.20 Å². The smallest absolute Gasteiger partial charge is 0.291 e. The molecule has 194 valence electrons. The molecule has 0 saturated carbocycles. The topological polar surface area (TPSA) is 72.2 Å². The van der Waals surface area contributed by atoms with Gasteiger partial charge in [0.1, 0.15) is 5.52 Å². The van der Waals surface area contributed by atoms with Gasteiger partial charge in [-0.05, 0) is 69.3 Å². The van der Waals surface area contributed by atoms with Gasteiger partial charge in [-0.1, -0.05) is 48.5 Å². The van der Waals surface area contributed by atoms with E-state index in [2.05, 4.69) is 45.6 Å². The van der Waals surface area contributed by atoms with Crippen LogP contribution in [0.25, 0.3) is 21.8 Å². The van der Waals surface area contributed by atoms with E-state index >= 15 is 0 Å². The number of nitrogens with zero attached hydrogens (tertiary/aromatic N) is 4. The first-order valence-corrected chi connectivity index (χ1v) is 13.6. The number of amides is 1. The molecule has 1 saturated heterocycles. The van der Waals surface area contributed by atoms with Gasteiger partial charge in [0.2, 0.25) is 5.91 Å². The van der Waals surface area contributed by atoms with Crippen LogP contribution in [0, 0.1) is 5.92 Å². The standard InChI is InChI=1S/C30H37N5O2/c1-33-30(37)29-26(22-32-33)25-11-5-6-12-27(25)35(29)18-7-13-28(36)31-16-8-17-34-19-14-24(15-20-34)21-23-9-3-2-4-10-23/h2-6,9-12,22,24H,7-8,13-21H2,1H3,(H,31,36). The van der Waals surface area contributed by atoms with Gasteiger partial charge in [0.15, 0.2) is 0 Å². The Bertz CT molecular complexity index is 1400. The van der Waals surface area contributed by atoms with Crippen LogP contribution in [-0.2, 0) is 24.8 Å². The number of likely N-dealkylation sites (tertiary alicyclic amines) is 1. The number of carbonyl (C=O) groups is 1. The maximum Gasteiger partial charge on any atom is 0.291 e. The van der Waals surface area contributed by atoms with Crippen molar-refractivity contribution in [2.75, 3.05) is 26.2 Å². The van der Waals surface area contributed by atoms with E-state index in [4.69, 9.17) is 0 Å². The number of piperidine rings is 1. The van der Waals surface area contributed by atoms with Crippen molar-refractivity contribution in [3.8, 4) is 0 Å². The van der Waals surface area contributed by atoms with Crippen LogP contribution in [0.4, 0.5) is 0 Å². The SMILES string of the molecule is Cn1ncc2c3ccccc3n(CCCC(=O)NCCCN3CCC(Cc4ccccc4)CC3)c2c1=O.